The van der Waals surface area contributed by atoms with Crippen LogP contribution < -0.4 is 0 Å². The van der Waals surface area contributed by atoms with Crippen LogP contribution >= 0.6 is 0 Å². The molecule has 0 atom stereocenters. The number of aliphatic hydroxyl groups is 1. The second-order valence-corrected chi connectivity index (χ2v) is 3.32. The molecule has 1 N–H and O–H groups in total. The molecule has 1 aromatic rings. The van der Waals surface area contributed by atoms with Gasteiger partial charge in [-0.1, -0.05) is 24.3 Å². The summed E-state index contributed by atoms with van der Waals surface area (Å²) in [5.41, 5.74) is 0.688. The zero-order chi connectivity index (χ0) is 8.60. The molecule has 0 heterocycles. The van der Waals surface area contributed by atoms with Crippen molar-refractivity contribution in [1.29, 1.82) is 0 Å². The minimum atomic E-state index is -0.706. The van der Waals surface area contributed by atoms with Gasteiger partial charge in [0.05, 0.1) is 5.60 Å². The maximum atomic E-state index is 12.4. The summed E-state index contributed by atoms with van der Waals surface area (Å²) in [7, 11) is 0. The third kappa shape index (κ3) is 1.12. The number of halogens is 1. The van der Waals surface area contributed by atoms with Crippen molar-refractivity contribution in [3.05, 3.63) is 35.4 Å². The van der Waals surface area contributed by atoms with Gasteiger partial charge < -0.3 is 5.11 Å². The third-order valence-electron chi connectivity index (χ3n) is 2.39. The van der Waals surface area contributed by atoms with Gasteiger partial charge in [0.15, 0.2) is 0 Å². The molecule has 1 saturated carbocycles. The van der Waals surface area contributed by atoms with Crippen molar-refractivity contribution in [2.45, 2.75) is 25.1 Å². The van der Waals surface area contributed by atoms with E-state index in [1.807, 2.05) is 12.1 Å². The van der Waals surface area contributed by atoms with Crippen LogP contribution in [-0.2, 0) is 12.3 Å². The molecule has 2 heteroatoms. The Hall–Kier alpha value is -0.890. The molecule has 0 spiro atoms. The lowest BCUT2D eigenvalue weighted by atomic mass is 10.0. The van der Waals surface area contributed by atoms with Gasteiger partial charge in [0.25, 0.3) is 0 Å². The van der Waals surface area contributed by atoms with Crippen LogP contribution in [0.4, 0.5) is 4.39 Å². The molecule has 0 aliphatic heterocycles. The van der Waals surface area contributed by atoms with Gasteiger partial charge in [-0.2, -0.15) is 0 Å². The van der Waals surface area contributed by atoms with Crippen molar-refractivity contribution < 1.29 is 9.50 Å². The van der Waals surface area contributed by atoms with E-state index in [0.717, 1.165) is 18.4 Å². The minimum absolute atomic E-state index is 0.488. The van der Waals surface area contributed by atoms with Crippen molar-refractivity contribution >= 4 is 0 Å². The van der Waals surface area contributed by atoms with Crippen molar-refractivity contribution in [2.24, 2.45) is 0 Å². The van der Waals surface area contributed by atoms with Crippen LogP contribution in [0, 0.1) is 0 Å². The highest BCUT2D eigenvalue weighted by atomic mass is 19.1. The second-order valence-electron chi connectivity index (χ2n) is 3.32. The molecular weight excluding hydrogens is 155 g/mol. The summed E-state index contributed by atoms with van der Waals surface area (Å²) >= 11 is 0. The van der Waals surface area contributed by atoms with Gasteiger partial charge >= 0.3 is 0 Å². The third-order valence-corrected chi connectivity index (χ3v) is 2.39. The standard InChI is InChI=1S/C10H11FO/c11-7-8-3-1-2-4-9(8)10(12)5-6-10/h1-4,12H,5-7H2. The highest BCUT2D eigenvalue weighted by molar-refractivity contribution is 5.35. The van der Waals surface area contributed by atoms with Gasteiger partial charge in [-0.05, 0) is 24.0 Å². The molecule has 0 radical (unpaired) electrons. The van der Waals surface area contributed by atoms with E-state index in [0.29, 0.717) is 5.56 Å². The number of hydrogen-bond acceptors (Lipinski definition) is 1. The average Bonchev–Trinajstić information content (AvgIpc) is 2.85. The maximum absolute atomic E-state index is 12.4. The SMILES string of the molecule is OC1(c2ccccc2CF)CC1. The van der Waals surface area contributed by atoms with Gasteiger partial charge in [0.2, 0.25) is 0 Å². The van der Waals surface area contributed by atoms with Gasteiger partial charge in [-0.25, -0.2) is 4.39 Å². The molecule has 1 aliphatic rings. The molecule has 2 rings (SSSR count). The van der Waals surface area contributed by atoms with E-state index in [4.69, 9.17) is 0 Å². The van der Waals surface area contributed by atoms with Crippen LogP contribution in [0.25, 0.3) is 0 Å². The molecular formula is C10H11FO. The van der Waals surface area contributed by atoms with Gasteiger partial charge in [0, 0.05) is 0 Å². The van der Waals surface area contributed by atoms with E-state index >= 15 is 0 Å². The van der Waals surface area contributed by atoms with Crippen LogP contribution in [-0.4, -0.2) is 5.11 Å². The molecule has 0 unspecified atom stereocenters. The highest BCUT2D eigenvalue weighted by Crippen LogP contribution is 2.46. The second kappa shape index (κ2) is 2.56. The quantitative estimate of drug-likeness (QED) is 0.713. The zero-order valence-corrected chi connectivity index (χ0v) is 6.76. The number of rotatable bonds is 2. The lowest BCUT2D eigenvalue weighted by Crippen LogP contribution is -2.07. The maximum Gasteiger partial charge on any atom is 0.115 e. The average molecular weight is 166 g/mol. The monoisotopic (exact) mass is 166 g/mol. The Bertz CT molecular complexity index is 292. The summed E-state index contributed by atoms with van der Waals surface area (Å²) in [5.74, 6) is 0. The largest absolute Gasteiger partial charge is 0.385 e. The topological polar surface area (TPSA) is 20.2 Å². The predicted molar refractivity (Wildman–Crippen MR) is 44.4 cm³/mol. The molecule has 0 amide bonds. The molecule has 0 bridgehead atoms. The Balaban J connectivity index is 2.42. The first-order chi connectivity index (χ1) is 5.76. The molecule has 0 saturated heterocycles. The molecule has 1 aromatic carbocycles. The van der Waals surface area contributed by atoms with Gasteiger partial charge in [-0.15, -0.1) is 0 Å². The lowest BCUT2D eigenvalue weighted by Gasteiger charge is -2.11. The Morgan fingerprint density at radius 1 is 1.33 bits per heavy atom. The summed E-state index contributed by atoms with van der Waals surface area (Å²) in [4.78, 5) is 0. The number of alkyl halides is 1. The molecule has 0 aromatic heterocycles. The Morgan fingerprint density at radius 3 is 2.58 bits per heavy atom. The summed E-state index contributed by atoms with van der Waals surface area (Å²) < 4.78 is 12.4. The highest BCUT2D eigenvalue weighted by Gasteiger charge is 2.43. The van der Waals surface area contributed by atoms with Crippen LogP contribution in [0.1, 0.15) is 24.0 Å². The van der Waals surface area contributed by atoms with E-state index in [1.165, 1.54) is 0 Å². The first-order valence-electron chi connectivity index (χ1n) is 4.13. The smallest absolute Gasteiger partial charge is 0.115 e. The summed E-state index contributed by atoms with van der Waals surface area (Å²) in [6, 6.07) is 7.17. The van der Waals surface area contributed by atoms with E-state index in [2.05, 4.69) is 0 Å². The molecule has 64 valence electrons. The van der Waals surface area contributed by atoms with Crippen LogP contribution in [0.2, 0.25) is 0 Å². The van der Waals surface area contributed by atoms with Gasteiger partial charge in [-0.3, -0.25) is 0 Å². The molecule has 1 fully saturated rings. The fourth-order valence-electron chi connectivity index (χ4n) is 1.48. The first-order valence-corrected chi connectivity index (χ1v) is 4.13. The van der Waals surface area contributed by atoms with Crippen LogP contribution in [0.5, 0.6) is 0 Å². The zero-order valence-electron chi connectivity index (χ0n) is 6.76. The number of benzene rings is 1. The van der Waals surface area contributed by atoms with Gasteiger partial charge in [0.1, 0.15) is 6.67 Å². The van der Waals surface area contributed by atoms with E-state index < -0.39 is 12.3 Å². The number of hydrogen-bond donors (Lipinski definition) is 1. The first kappa shape index (κ1) is 7.74. The van der Waals surface area contributed by atoms with Crippen molar-refractivity contribution in [1.82, 2.24) is 0 Å². The van der Waals surface area contributed by atoms with E-state index in [9.17, 15) is 9.50 Å². The molecule has 1 aliphatic carbocycles. The predicted octanol–water partition coefficient (Wildman–Crippen LogP) is 2.14. The molecule has 12 heavy (non-hydrogen) atoms. The van der Waals surface area contributed by atoms with E-state index in [1.54, 1.807) is 12.1 Å². The minimum Gasteiger partial charge on any atom is -0.385 e. The summed E-state index contributed by atoms with van der Waals surface area (Å²) in [6.45, 7) is -0.488. The van der Waals surface area contributed by atoms with Crippen molar-refractivity contribution in [2.75, 3.05) is 0 Å². The van der Waals surface area contributed by atoms with Crippen LogP contribution in [0.15, 0.2) is 24.3 Å². The summed E-state index contributed by atoms with van der Waals surface area (Å²) in [6.07, 6.45) is 1.54. The van der Waals surface area contributed by atoms with E-state index in [-0.39, 0.29) is 0 Å². The fourth-order valence-corrected chi connectivity index (χ4v) is 1.48. The Kier molecular flexibility index (Phi) is 1.65. The van der Waals surface area contributed by atoms with Crippen molar-refractivity contribution in [3.63, 3.8) is 0 Å². The lowest BCUT2D eigenvalue weighted by molar-refractivity contribution is 0.149. The molecule has 1 nitrogen and oxygen atoms in total. The normalized spacial score (nSPS) is 19.2. The van der Waals surface area contributed by atoms with Crippen LogP contribution in [0.3, 0.4) is 0 Å². The summed E-state index contributed by atoms with van der Waals surface area (Å²) in [5, 5.41) is 9.75. The van der Waals surface area contributed by atoms with Crippen molar-refractivity contribution in [3.8, 4) is 0 Å². The Labute approximate surface area is 70.8 Å². The Morgan fingerprint density at radius 2 is 2.00 bits per heavy atom. The fraction of sp³-hybridized carbons (Fsp3) is 0.400.